The molecule has 106 valence electrons. The molecule has 0 aliphatic heterocycles. The summed E-state index contributed by atoms with van der Waals surface area (Å²) in [6.07, 6.45) is 1.40. The standard InChI is InChI=1S/C14H16ClN3O2/c1-19-8-11-5-3-4-10(6-11)7-16-14-12(20-2)13(15)17-9-18-14/h3-6,9H,7-8H2,1-2H3,(H,16,17,18). The zero-order valence-corrected chi connectivity index (χ0v) is 12.1. The van der Waals surface area contributed by atoms with Crippen molar-refractivity contribution in [3.8, 4) is 5.75 Å². The van der Waals surface area contributed by atoms with E-state index in [0.717, 1.165) is 11.1 Å². The molecule has 1 aromatic heterocycles. The van der Waals surface area contributed by atoms with Gasteiger partial charge in [-0.25, -0.2) is 9.97 Å². The van der Waals surface area contributed by atoms with Crippen molar-refractivity contribution in [2.75, 3.05) is 19.5 Å². The minimum Gasteiger partial charge on any atom is -0.490 e. The number of hydrogen-bond acceptors (Lipinski definition) is 5. The molecule has 0 radical (unpaired) electrons. The maximum absolute atomic E-state index is 5.95. The molecule has 0 aliphatic carbocycles. The van der Waals surface area contributed by atoms with E-state index in [1.165, 1.54) is 13.4 Å². The third kappa shape index (κ3) is 3.59. The summed E-state index contributed by atoms with van der Waals surface area (Å²) in [5.74, 6) is 1.02. The van der Waals surface area contributed by atoms with E-state index in [9.17, 15) is 0 Å². The fourth-order valence-electron chi connectivity index (χ4n) is 1.84. The predicted molar refractivity (Wildman–Crippen MR) is 78.1 cm³/mol. The maximum Gasteiger partial charge on any atom is 0.198 e. The molecule has 1 N–H and O–H groups in total. The molecule has 0 atom stereocenters. The van der Waals surface area contributed by atoms with Crippen LogP contribution in [0.3, 0.4) is 0 Å². The van der Waals surface area contributed by atoms with E-state index in [0.29, 0.717) is 24.7 Å². The first kappa shape index (κ1) is 14.6. The van der Waals surface area contributed by atoms with Gasteiger partial charge in [-0.05, 0) is 11.1 Å². The number of ether oxygens (including phenoxy) is 2. The van der Waals surface area contributed by atoms with E-state index >= 15 is 0 Å². The largest absolute Gasteiger partial charge is 0.490 e. The van der Waals surface area contributed by atoms with E-state index in [4.69, 9.17) is 21.1 Å². The molecule has 2 aromatic rings. The first-order valence-electron chi connectivity index (χ1n) is 6.09. The van der Waals surface area contributed by atoms with Crippen LogP contribution in [0.2, 0.25) is 5.15 Å². The predicted octanol–water partition coefficient (Wildman–Crippen LogP) is 2.90. The van der Waals surface area contributed by atoms with Crippen LogP contribution in [-0.4, -0.2) is 24.2 Å². The van der Waals surface area contributed by atoms with E-state index in [1.807, 2.05) is 18.2 Å². The summed E-state index contributed by atoms with van der Waals surface area (Å²) in [5.41, 5.74) is 2.25. The average Bonchev–Trinajstić information content (AvgIpc) is 2.46. The Labute approximate surface area is 122 Å². The van der Waals surface area contributed by atoms with Crippen molar-refractivity contribution in [1.82, 2.24) is 9.97 Å². The number of anilines is 1. The van der Waals surface area contributed by atoms with Crippen LogP contribution in [0.5, 0.6) is 5.75 Å². The van der Waals surface area contributed by atoms with Gasteiger partial charge in [-0.3, -0.25) is 0 Å². The Kier molecular flexibility index (Phi) is 5.15. The van der Waals surface area contributed by atoms with Crippen molar-refractivity contribution < 1.29 is 9.47 Å². The lowest BCUT2D eigenvalue weighted by molar-refractivity contribution is 0.185. The van der Waals surface area contributed by atoms with E-state index in [2.05, 4.69) is 21.4 Å². The van der Waals surface area contributed by atoms with Crippen molar-refractivity contribution >= 4 is 17.4 Å². The second-order valence-electron chi connectivity index (χ2n) is 4.15. The number of aromatic nitrogens is 2. The molecule has 0 amide bonds. The zero-order chi connectivity index (χ0) is 14.4. The molecule has 20 heavy (non-hydrogen) atoms. The smallest absolute Gasteiger partial charge is 0.198 e. The topological polar surface area (TPSA) is 56.3 Å². The van der Waals surface area contributed by atoms with Crippen LogP contribution in [0.4, 0.5) is 5.82 Å². The van der Waals surface area contributed by atoms with Crippen molar-refractivity contribution in [2.24, 2.45) is 0 Å². The molecule has 0 saturated carbocycles. The number of nitrogens with zero attached hydrogens (tertiary/aromatic N) is 2. The number of rotatable bonds is 6. The zero-order valence-electron chi connectivity index (χ0n) is 11.4. The Balaban J connectivity index is 2.09. The third-order valence-electron chi connectivity index (χ3n) is 2.73. The SMILES string of the molecule is COCc1cccc(CNc2ncnc(Cl)c2OC)c1. The van der Waals surface area contributed by atoms with Gasteiger partial charge >= 0.3 is 0 Å². The number of methoxy groups -OCH3 is 2. The Bertz CT molecular complexity index is 578. The van der Waals surface area contributed by atoms with Gasteiger partial charge in [-0.1, -0.05) is 35.9 Å². The molecule has 0 saturated heterocycles. The fourth-order valence-corrected chi connectivity index (χ4v) is 2.05. The molecule has 0 bridgehead atoms. The van der Waals surface area contributed by atoms with Gasteiger partial charge in [0.25, 0.3) is 0 Å². The molecule has 0 spiro atoms. The second kappa shape index (κ2) is 7.07. The highest BCUT2D eigenvalue weighted by molar-refractivity contribution is 6.31. The summed E-state index contributed by atoms with van der Waals surface area (Å²) in [5, 5.41) is 3.48. The molecule has 5 nitrogen and oxygen atoms in total. The molecule has 0 aliphatic rings. The number of hydrogen-bond donors (Lipinski definition) is 1. The van der Waals surface area contributed by atoms with Crippen molar-refractivity contribution in [1.29, 1.82) is 0 Å². The van der Waals surface area contributed by atoms with Crippen molar-refractivity contribution in [3.05, 3.63) is 46.9 Å². The summed E-state index contributed by atoms with van der Waals surface area (Å²) in [7, 11) is 3.22. The summed E-state index contributed by atoms with van der Waals surface area (Å²) in [6, 6.07) is 8.12. The molecule has 6 heteroatoms. The van der Waals surface area contributed by atoms with Crippen LogP contribution < -0.4 is 10.1 Å². The van der Waals surface area contributed by atoms with Crippen LogP contribution in [0, 0.1) is 0 Å². The summed E-state index contributed by atoms with van der Waals surface area (Å²) < 4.78 is 10.3. The first-order valence-corrected chi connectivity index (χ1v) is 6.47. The van der Waals surface area contributed by atoms with E-state index in [1.54, 1.807) is 7.11 Å². The Morgan fingerprint density at radius 1 is 1.20 bits per heavy atom. The summed E-state index contributed by atoms with van der Waals surface area (Å²) >= 11 is 5.95. The van der Waals surface area contributed by atoms with Gasteiger partial charge in [0.1, 0.15) is 6.33 Å². The van der Waals surface area contributed by atoms with Crippen molar-refractivity contribution in [3.63, 3.8) is 0 Å². The number of nitrogens with one attached hydrogen (secondary N) is 1. The summed E-state index contributed by atoms with van der Waals surface area (Å²) in [4.78, 5) is 8.00. The third-order valence-corrected chi connectivity index (χ3v) is 3.00. The monoisotopic (exact) mass is 293 g/mol. The molecular formula is C14H16ClN3O2. The van der Waals surface area contributed by atoms with Gasteiger partial charge < -0.3 is 14.8 Å². The molecule has 1 heterocycles. The number of halogens is 1. The highest BCUT2D eigenvalue weighted by Crippen LogP contribution is 2.28. The van der Waals surface area contributed by atoms with Gasteiger partial charge in [0.2, 0.25) is 0 Å². The Morgan fingerprint density at radius 2 is 2.00 bits per heavy atom. The van der Waals surface area contributed by atoms with Gasteiger partial charge in [0, 0.05) is 13.7 Å². The van der Waals surface area contributed by atoms with Gasteiger partial charge in [0.15, 0.2) is 16.7 Å². The highest BCUT2D eigenvalue weighted by Gasteiger charge is 2.09. The average molecular weight is 294 g/mol. The van der Waals surface area contributed by atoms with Gasteiger partial charge in [-0.15, -0.1) is 0 Å². The van der Waals surface area contributed by atoms with Crippen LogP contribution in [0.1, 0.15) is 11.1 Å². The molecular weight excluding hydrogens is 278 g/mol. The van der Waals surface area contributed by atoms with E-state index in [-0.39, 0.29) is 5.15 Å². The fraction of sp³-hybridized carbons (Fsp3) is 0.286. The van der Waals surface area contributed by atoms with Crippen LogP contribution in [0.25, 0.3) is 0 Å². The maximum atomic E-state index is 5.95. The van der Waals surface area contributed by atoms with Crippen LogP contribution >= 0.6 is 11.6 Å². The minimum absolute atomic E-state index is 0.290. The second-order valence-corrected chi connectivity index (χ2v) is 4.51. The summed E-state index contributed by atoms with van der Waals surface area (Å²) in [6.45, 7) is 1.21. The van der Waals surface area contributed by atoms with E-state index < -0.39 is 0 Å². The molecule has 1 aromatic carbocycles. The van der Waals surface area contributed by atoms with Gasteiger partial charge in [0.05, 0.1) is 13.7 Å². The van der Waals surface area contributed by atoms with Crippen molar-refractivity contribution in [2.45, 2.75) is 13.2 Å². The minimum atomic E-state index is 0.290. The molecule has 2 rings (SSSR count). The van der Waals surface area contributed by atoms with Crippen LogP contribution in [0.15, 0.2) is 30.6 Å². The normalized spacial score (nSPS) is 10.3. The lowest BCUT2D eigenvalue weighted by atomic mass is 10.1. The Morgan fingerprint density at radius 3 is 2.75 bits per heavy atom. The highest BCUT2D eigenvalue weighted by atomic mass is 35.5. The molecule has 0 unspecified atom stereocenters. The quantitative estimate of drug-likeness (QED) is 0.830. The van der Waals surface area contributed by atoms with Gasteiger partial charge in [-0.2, -0.15) is 0 Å². The van der Waals surface area contributed by atoms with Crippen LogP contribution in [-0.2, 0) is 17.9 Å². The lowest BCUT2D eigenvalue weighted by Gasteiger charge is -2.11. The Hall–Kier alpha value is -1.85. The number of benzene rings is 1. The molecule has 0 fully saturated rings. The lowest BCUT2D eigenvalue weighted by Crippen LogP contribution is -2.05. The first-order chi connectivity index (χ1) is 9.74.